The van der Waals surface area contributed by atoms with E-state index in [1.54, 1.807) is 0 Å². The zero-order valence-electron chi connectivity index (χ0n) is 6.22. The van der Waals surface area contributed by atoms with Gasteiger partial charge in [-0.3, -0.25) is 4.98 Å². The molecule has 0 unspecified atom stereocenters. The van der Waals surface area contributed by atoms with E-state index in [0.29, 0.717) is 0 Å². The molecule has 0 amide bonds. The molecule has 0 aliphatic rings. The van der Waals surface area contributed by atoms with Crippen molar-refractivity contribution >= 4 is 11.2 Å². The van der Waals surface area contributed by atoms with E-state index in [-0.39, 0.29) is 16.9 Å². The van der Waals surface area contributed by atoms with Gasteiger partial charge in [-0.25, -0.2) is 14.2 Å². The summed E-state index contributed by atoms with van der Waals surface area (Å²) in [5.74, 6) is -1.08. The molecule has 0 aliphatic heterocycles. The maximum atomic E-state index is 12.8. The zero-order valence-corrected chi connectivity index (χ0v) is 6.22. The van der Waals surface area contributed by atoms with Crippen molar-refractivity contribution in [2.75, 3.05) is 0 Å². The second kappa shape index (κ2) is 2.17. The van der Waals surface area contributed by atoms with E-state index in [0.717, 1.165) is 0 Å². The van der Waals surface area contributed by atoms with Crippen molar-refractivity contribution in [1.29, 1.82) is 0 Å². The summed E-state index contributed by atoms with van der Waals surface area (Å²) in [6, 6.07) is 1.18. The van der Waals surface area contributed by atoms with Crippen molar-refractivity contribution in [1.82, 2.24) is 9.97 Å². The lowest BCUT2D eigenvalue weighted by atomic mass is 10.3. The van der Waals surface area contributed by atoms with Crippen molar-refractivity contribution in [3.63, 3.8) is 0 Å². The molecule has 0 aromatic carbocycles. The number of aromatic amines is 1. The van der Waals surface area contributed by atoms with Crippen LogP contribution in [0, 0.1) is 12.7 Å². The van der Waals surface area contributed by atoms with Crippen LogP contribution in [0.15, 0.2) is 15.3 Å². The highest BCUT2D eigenvalue weighted by molar-refractivity contribution is 5.67. The lowest BCUT2D eigenvalue weighted by Gasteiger charge is -1.91. The fourth-order valence-corrected chi connectivity index (χ4v) is 0.949. The van der Waals surface area contributed by atoms with Crippen LogP contribution in [-0.2, 0) is 0 Å². The van der Waals surface area contributed by atoms with E-state index >= 15 is 0 Å². The molecule has 4 nitrogen and oxygen atoms in total. The zero-order chi connectivity index (χ0) is 8.72. The van der Waals surface area contributed by atoms with Crippen LogP contribution in [0.25, 0.3) is 11.2 Å². The second-order valence-corrected chi connectivity index (χ2v) is 2.42. The number of nitrogens with one attached hydrogen (secondary N) is 1. The van der Waals surface area contributed by atoms with Gasteiger partial charge < -0.3 is 4.42 Å². The SMILES string of the molecule is Cc1nc2oc(=O)[nH]c2cc1F. The molecule has 0 bridgehead atoms. The molecule has 62 valence electrons. The number of pyridine rings is 1. The number of fused-ring (bicyclic) bond motifs is 1. The summed E-state index contributed by atoms with van der Waals surface area (Å²) >= 11 is 0. The minimum atomic E-state index is -0.623. The third-order valence-corrected chi connectivity index (χ3v) is 1.54. The standard InChI is InChI=1S/C7H5FN2O2/c1-3-4(8)2-5-6(9-3)12-7(11)10-5/h2H,1H3,(H,10,11). The molecule has 0 atom stereocenters. The lowest BCUT2D eigenvalue weighted by Crippen LogP contribution is -1.92. The number of hydrogen-bond acceptors (Lipinski definition) is 3. The average Bonchev–Trinajstić information content (AvgIpc) is 2.30. The molecule has 2 aromatic heterocycles. The van der Waals surface area contributed by atoms with E-state index in [4.69, 9.17) is 0 Å². The summed E-state index contributed by atoms with van der Waals surface area (Å²) in [4.78, 5) is 16.7. The molecule has 1 N–H and O–H groups in total. The Morgan fingerprint density at radius 3 is 3.17 bits per heavy atom. The Balaban J connectivity index is 2.92. The Bertz CT molecular complexity index is 444. The van der Waals surface area contributed by atoms with Crippen molar-refractivity contribution in [2.24, 2.45) is 0 Å². The molecule has 0 saturated carbocycles. The number of oxazole rings is 1. The van der Waals surface area contributed by atoms with Gasteiger partial charge >= 0.3 is 5.76 Å². The van der Waals surface area contributed by atoms with Crippen LogP contribution in [0.1, 0.15) is 5.69 Å². The van der Waals surface area contributed by atoms with E-state index in [9.17, 15) is 9.18 Å². The van der Waals surface area contributed by atoms with E-state index in [1.807, 2.05) is 0 Å². The molecule has 2 heterocycles. The predicted molar refractivity (Wildman–Crippen MR) is 39.3 cm³/mol. The monoisotopic (exact) mass is 168 g/mol. The Labute approximate surface area is 66.0 Å². The number of H-pyrrole nitrogens is 1. The quantitative estimate of drug-likeness (QED) is 0.637. The van der Waals surface area contributed by atoms with Gasteiger partial charge in [-0.2, -0.15) is 0 Å². The number of hydrogen-bond donors (Lipinski definition) is 1. The van der Waals surface area contributed by atoms with Crippen molar-refractivity contribution < 1.29 is 8.81 Å². The molecule has 0 fully saturated rings. The summed E-state index contributed by atoms with van der Waals surface area (Å²) in [5.41, 5.74) is 0.632. The maximum absolute atomic E-state index is 12.8. The lowest BCUT2D eigenvalue weighted by molar-refractivity contribution is 0.541. The predicted octanol–water partition coefficient (Wildman–Crippen LogP) is 0.964. The van der Waals surface area contributed by atoms with Gasteiger partial charge in [0.25, 0.3) is 0 Å². The van der Waals surface area contributed by atoms with E-state index in [2.05, 4.69) is 14.4 Å². The van der Waals surface area contributed by atoms with Gasteiger partial charge in [-0.05, 0) is 6.92 Å². The topological polar surface area (TPSA) is 58.9 Å². The highest BCUT2D eigenvalue weighted by atomic mass is 19.1. The molecular formula is C7H5FN2O2. The van der Waals surface area contributed by atoms with Gasteiger partial charge in [0.2, 0.25) is 5.71 Å². The molecule has 0 spiro atoms. The van der Waals surface area contributed by atoms with E-state index in [1.165, 1.54) is 13.0 Å². The van der Waals surface area contributed by atoms with E-state index < -0.39 is 11.6 Å². The molecule has 0 aliphatic carbocycles. The second-order valence-electron chi connectivity index (χ2n) is 2.42. The van der Waals surface area contributed by atoms with Gasteiger partial charge in [-0.15, -0.1) is 0 Å². The number of aryl methyl sites for hydroxylation is 1. The van der Waals surface area contributed by atoms with Gasteiger partial charge in [0.05, 0.1) is 5.69 Å². The number of aromatic nitrogens is 2. The molecule has 0 saturated heterocycles. The first-order valence-electron chi connectivity index (χ1n) is 3.33. The molecule has 0 radical (unpaired) electrons. The minimum Gasteiger partial charge on any atom is -0.389 e. The van der Waals surface area contributed by atoms with Crippen LogP contribution in [0.3, 0.4) is 0 Å². The Kier molecular flexibility index (Phi) is 1.27. The first kappa shape index (κ1) is 7.02. The van der Waals surface area contributed by atoms with Gasteiger partial charge in [0, 0.05) is 6.07 Å². The number of nitrogens with zero attached hydrogens (tertiary/aromatic N) is 1. The highest BCUT2D eigenvalue weighted by Crippen LogP contribution is 2.10. The normalized spacial score (nSPS) is 10.8. The number of rotatable bonds is 0. The van der Waals surface area contributed by atoms with Crippen molar-refractivity contribution in [3.8, 4) is 0 Å². The minimum absolute atomic E-state index is 0.138. The van der Waals surface area contributed by atoms with Gasteiger partial charge in [0.1, 0.15) is 11.3 Å². The molecular weight excluding hydrogens is 163 g/mol. The fraction of sp³-hybridized carbons (Fsp3) is 0.143. The summed E-state index contributed by atoms with van der Waals surface area (Å²) in [6.45, 7) is 1.50. The molecule has 5 heteroatoms. The van der Waals surface area contributed by atoms with Crippen LogP contribution in [-0.4, -0.2) is 9.97 Å². The van der Waals surface area contributed by atoms with Crippen LogP contribution in [0.4, 0.5) is 4.39 Å². The molecule has 2 aromatic rings. The first-order chi connectivity index (χ1) is 5.66. The Morgan fingerprint density at radius 1 is 1.67 bits per heavy atom. The third-order valence-electron chi connectivity index (χ3n) is 1.54. The van der Waals surface area contributed by atoms with Crippen molar-refractivity contribution in [3.05, 3.63) is 28.1 Å². The van der Waals surface area contributed by atoms with Crippen LogP contribution in [0.2, 0.25) is 0 Å². The van der Waals surface area contributed by atoms with Crippen molar-refractivity contribution in [2.45, 2.75) is 6.92 Å². The summed E-state index contributed by atoms with van der Waals surface area (Å²) in [7, 11) is 0. The van der Waals surface area contributed by atoms with Gasteiger partial charge in [-0.1, -0.05) is 0 Å². The number of halogens is 1. The molecule has 2 rings (SSSR count). The van der Waals surface area contributed by atoms with Crippen LogP contribution < -0.4 is 5.76 Å². The van der Waals surface area contributed by atoms with Crippen LogP contribution >= 0.6 is 0 Å². The van der Waals surface area contributed by atoms with Crippen LogP contribution in [0.5, 0.6) is 0 Å². The summed E-state index contributed by atoms with van der Waals surface area (Å²) in [6.07, 6.45) is 0. The molecule has 12 heavy (non-hydrogen) atoms. The maximum Gasteiger partial charge on any atom is 0.418 e. The summed E-state index contributed by atoms with van der Waals surface area (Å²) in [5, 5.41) is 0. The highest BCUT2D eigenvalue weighted by Gasteiger charge is 2.06. The first-order valence-corrected chi connectivity index (χ1v) is 3.33. The summed E-state index contributed by atoms with van der Waals surface area (Å²) < 4.78 is 17.4. The average molecular weight is 168 g/mol. The smallest absolute Gasteiger partial charge is 0.389 e. The van der Waals surface area contributed by atoms with Gasteiger partial charge in [0.15, 0.2) is 0 Å². The Morgan fingerprint density at radius 2 is 2.42 bits per heavy atom. The third kappa shape index (κ3) is 0.903. The fourth-order valence-electron chi connectivity index (χ4n) is 0.949. The largest absolute Gasteiger partial charge is 0.418 e. The Hall–Kier alpha value is -1.65.